The molecule has 0 saturated carbocycles. The van der Waals surface area contributed by atoms with Crippen molar-refractivity contribution in [1.82, 2.24) is 5.32 Å². The third-order valence-electron chi connectivity index (χ3n) is 2.10. The number of likely N-dealkylation sites (N-methyl/N-ethyl adjacent to an activating group) is 1. The molecule has 2 N–H and O–H groups in total. The van der Waals surface area contributed by atoms with Crippen molar-refractivity contribution < 1.29 is 14.2 Å². The maximum absolute atomic E-state index is 13.6. The molecule has 1 aromatic rings. The summed E-state index contributed by atoms with van der Waals surface area (Å²) in [5.74, 6) is -0.315. The van der Waals surface area contributed by atoms with Gasteiger partial charge in [-0.2, -0.15) is 0 Å². The van der Waals surface area contributed by atoms with E-state index in [0.29, 0.717) is 23.0 Å². The van der Waals surface area contributed by atoms with Crippen molar-refractivity contribution in [3.63, 3.8) is 0 Å². The van der Waals surface area contributed by atoms with Gasteiger partial charge in [-0.25, -0.2) is 4.39 Å². The summed E-state index contributed by atoms with van der Waals surface area (Å²) < 4.78 is 18.7. The highest BCUT2D eigenvalue weighted by Crippen LogP contribution is 2.38. The molecule has 15 heavy (non-hydrogen) atoms. The molecule has 0 fully saturated rings. The van der Waals surface area contributed by atoms with Gasteiger partial charge in [-0.3, -0.25) is 0 Å². The molecule has 0 aliphatic rings. The molecule has 0 atom stereocenters. The first-order valence-electron chi connectivity index (χ1n) is 4.50. The fourth-order valence-corrected chi connectivity index (χ4v) is 1.84. The van der Waals surface area contributed by atoms with Crippen LogP contribution in [0.4, 0.5) is 4.39 Å². The number of benzene rings is 1. The lowest BCUT2D eigenvalue weighted by atomic mass is 10.1. The van der Waals surface area contributed by atoms with Gasteiger partial charge in [0, 0.05) is 11.6 Å². The van der Waals surface area contributed by atoms with Gasteiger partial charge in [-0.15, -0.1) is 0 Å². The normalized spacial score (nSPS) is 10.4. The van der Waals surface area contributed by atoms with Crippen molar-refractivity contribution in [2.75, 3.05) is 20.7 Å². The van der Waals surface area contributed by atoms with Crippen LogP contribution in [0.25, 0.3) is 0 Å². The Morgan fingerprint density at radius 3 is 2.80 bits per heavy atom. The molecule has 0 aliphatic carbocycles. The average Bonchev–Trinajstić information content (AvgIpc) is 2.23. The number of ether oxygens (including phenoxy) is 1. The highest BCUT2D eigenvalue weighted by Gasteiger charge is 2.15. The third-order valence-corrected chi connectivity index (χ3v) is 2.95. The molecular weight excluding hydrogens is 265 g/mol. The Balaban J connectivity index is 3.11. The van der Waals surface area contributed by atoms with Gasteiger partial charge in [0.15, 0.2) is 11.5 Å². The minimum absolute atomic E-state index is 0.0648. The topological polar surface area (TPSA) is 41.5 Å². The summed E-state index contributed by atoms with van der Waals surface area (Å²) in [7, 11) is 3.17. The second kappa shape index (κ2) is 5.32. The van der Waals surface area contributed by atoms with Gasteiger partial charge in [-0.05, 0) is 35.9 Å². The van der Waals surface area contributed by atoms with Gasteiger partial charge in [0.25, 0.3) is 0 Å². The van der Waals surface area contributed by atoms with Gasteiger partial charge >= 0.3 is 0 Å². The van der Waals surface area contributed by atoms with E-state index in [4.69, 9.17) is 4.74 Å². The Morgan fingerprint density at radius 2 is 2.27 bits per heavy atom. The van der Waals surface area contributed by atoms with Crippen molar-refractivity contribution >= 4 is 15.9 Å². The van der Waals surface area contributed by atoms with E-state index in [2.05, 4.69) is 21.2 Å². The van der Waals surface area contributed by atoms with Crippen LogP contribution in [-0.4, -0.2) is 25.8 Å². The molecule has 3 nitrogen and oxygen atoms in total. The molecule has 0 aromatic heterocycles. The minimum Gasteiger partial charge on any atom is -0.503 e. The van der Waals surface area contributed by atoms with Crippen LogP contribution in [0.3, 0.4) is 0 Å². The Bertz CT molecular complexity index is 358. The highest BCUT2D eigenvalue weighted by molar-refractivity contribution is 9.10. The number of methoxy groups -OCH3 is 1. The van der Waals surface area contributed by atoms with Crippen LogP contribution in [0.2, 0.25) is 0 Å². The number of phenols is 1. The van der Waals surface area contributed by atoms with E-state index in [1.165, 1.54) is 13.2 Å². The summed E-state index contributed by atoms with van der Waals surface area (Å²) in [6.45, 7) is 0.640. The van der Waals surface area contributed by atoms with E-state index >= 15 is 0 Å². The first-order valence-corrected chi connectivity index (χ1v) is 5.29. The lowest BCUT2D eigenvalue weighted by molar-refractivity contribution is 0.367. The second-order valence-corrected chi connectivity index (χ2v) is 3.85. The zero-order chi connectivity index (χ0) is 11.4. The number of hydrogen-bond donors (Lipinski definition) is 2. The first-order chi connectivity index (χ1) is 7.11. The summed E-state index contributed by atoms with van der Waals surface area (Å²) in [6.07, 6.45) is 0.500. The van der Waals surface area contributed by atoms with E-state index in [9.17, 15) is 9.50 Å². The number of hydrogen-bond acceptors (Lipinski definition) is 3. The fraction of sp³-hybridized carbons (Fsp3) is 0.400. The van der Waals surface area contributed by atoms with E-state index < -0.39 is 0 Å². The monoisotopic (exact) mass is 277 g/mol. The molecule has 84 valence electrons. The smallest absolute Gasteiger partial charge is 0.172 e. The molecule has 5 heteroatoms. The molecule has 1 rings (SSSR count). The predicted molar refractivity (Wildman–Crippen MR) is 59.9 cm³/mol. The minimum atomic E-state index is -0.383. The summed E-state index contributed by atoms with van der Waals surface area (Å²) in [5, 5.41) is 12.6. The Hall–Kier alpha value is -0.810. The first kappa shape index (κ1) is 12.3. The Labute approximate surface area is 96.4 Å². The van der Waals surface area contributed by atoms with Crippen LogP contribution in [0.5, 0.6) is 11.5 Å². The summed E-state index contributed by atoms with van der Waals surface area (Å²) in [5.41, 5.74) is 0.447. The number of phenolic OH excluding ortho intramolecular Hbond substituents is 1. The molecule has 0 bridgehead atoms. The summed E-state index contributed by atoms with van der Waals surface area (Å²) >= 11 is 3.16. The van der Waals surface area contributed by atoms with Gasteiger partial charge in [0.2, 0.25) is 0 Å². The largest absolute Gasteiger partial charge is 0.503 e. The second-order valence-electron chi connectivity index (χ2n) is 3.06. The van der Waals surface area contributed by atoms with Crippen LogP contribution in [0.1, 0.15) is 5.56 Å². The zero-order valence-electron chi connectivity index (χ0n) is 8.60. The number of halogens is 2. The standard InChI is InChI=1S/C10H13BrFNO2/c1-13-4-3-6-7(12)5-8(15-2)10(14)9(6)11/h5,13-14H,3-4H2,1-2H3. The highest BCUT2D eigenvalue weighted by atomic mass is 79.9. The van der Waals surface area contributed by atoms with E-state index in [1.54, 1.807) is 7.05 Å². The van der Waals surface area contributed by atoms with Crippen LogP contribution in [0, 0.1) is 5.82 Å². The average molecular weight is 278 g/mol. The molecule has 0 spiro atoms. The van der Waals surface area contributed by atoms with Crippen LogP contribution in [-0.2, 0) is 6.42 Å². The van der Waals surface area contributed by atoms with Gasteiger partial charge in [-0.1, -0.05) is 0 Å². The molecule has 0 saturated heterocycles. The molecule has 0 unspecified atom stereocenters. The molecular formula is C10H13BrFNO2. The quantitative estimate of drug-likeness (QED) is 0.885. The fourth-order valence-electron chi connectivity index (χ4n) is 1.26. The van der Waals surface area contributed by atoms with Crippen LogP contribution < -0.4 is 10.1 Å². The van der Waals surface area contributed by atoms with Crippen molar-refractivity contribution in [3.8, 4) is 11.5 Å². The van der Waals surface area contributed by atoms with Gasteiger partial charge < -0.3 is 15.2 Å². The van der Waals surface area contributed by atoms with E-state index in [0.717, 1.165) is 0 Å². The SMILES string of the molecule is CNCCc1c(F)cc(OC)c(O)c1Br. The lowest BCUT2D eigenvalue weighted by Crippen LogP contribution is -2.11. The van der Waals surface area contributed by atoms with Gasteiger partial charge in [0.05, 0.1) is 11.6 Å². The molecule has 0 amide bonds. The van der Waals surface area contributed by atoms with Crippen molar-refractivity contribution in [2.24, 2.45) is 0 Å². The Morgan fingerprint density at radius 1 is 1.60 bits per heavy atom. The molecule has 0 aliphatic heterocycles. The maximum atomic E-state index is 13.6. The van der Waals surface area contributed by atoms with Crippen molar-refractivity contribution in [2.45, 2.75) is 6.42 Å². The molecule has 0 radical (unpaired) electrons. The van der Waals surface area contributed by atoms with Crippen LogP contribution >= 0.6 is 15.9 Å². The van der Waals surface area contributed by atoms with E-state index in [1.807, 2.05) is 0 Å². The third kappa shape index (κ3) is 2.60. The molecule has 0 heterocycles. The van der Waals surface area contributed by atoms with Crippen molar-refractivity contribution in [3.05, 3.63) is 21.9 Å². The number of rotatable bonds is 4. The lowest BCUT2D eigenvalue weighted by Gasteiger charge is -2.11. The number of nitrogens with one attached hydrogen (secondary N) is 1. The van der Waals surface area contributed by atoms with Gasteiger partial charge in [0.1, 0.15) is 5.82 Å². The summed E-state index contributed by atoms with van der Waals surface area (Å²) in [6, 6.07) is 1.19. The van der Waals surface area contributed by atoms with Crippen LogP contribution in [0.15, 0.2) is 10.5 Å². The number of aromatic hydroxyl groups is 1. The van der Waals surface area contributed by atoms with Crippen molar-refractivity contribution in [1.29, 1.82) is 0 Å². The predicted octanol–water partition coefficient (Wildman–Crippen LogP) is 2.06. The van der Waals surface area contributed by atoms with E-state index in [-0.39, 0.29) is 17.3 Å². The maximum Gasteiger partial charge on any atom is 0.172 e. The zero-order valence-corrected chi connectivity index (χ0v) is 10.2. The molecule has 1 aromatic carbocycles. The Kier molecular flexibility index (Phi) is 4.35. The summed E-state index contributed by atoms with van der Waals surface area (Å²) in [4.78, 5) is 0.